The molecule has 1 aliphatic carbocycles. The molecule has 0 unspecified atom stereocenters. The number of sulfone groups is 1. The Morgan fingerprint density at radius 3 is 2.43 bits per heavy atom. The second kappa shape index (κ2) is 8.02. The van der Waals surface area contributed by atoms with Crippen LogP contribution >= 0.6 is 0 Å². The van der Waals surface area contributed by atoms with Crippen LogP contribution in [0.15, 0.2) is 71.0 Å². The van der Waals surface area contributed by atoms with Gasteiger partial charge in [0.15, 0.2) is 0 Å². The van der Waals surface area contributed by atoms with E-state index < -0.39 is 9.84 Å². The van der Waals surface area contributed by atoms with Gasteiger partial charge in [-0.05, 0) is 68.5 Å². The number of carbonyl (C=O) groups excluding carboxylic acids is 1. The number of aromatic nitrogens is 3. The number of hydrogen-bond acceptors (Lipinski definition) is 5. The van der Waals surface area contributed by atoms with E-state index >= 15 is 0 Å². The van der Waals surface area contributed by atoms with Crippen molar-refractivity contribution >= 4 is 21.4 Å². The van der Waals surface area contributed by atoms with Crippen molar-refractivity contribution in [2.75, 3.05) is 5.32 Å². The van der Waals surface area contributed by atoms with Gasteiger partial charge in [0.2, 0.25) is 15.7 Å². The van der Waals surface area contributed by atoms with Crippen LogP contribution < -0.4 is 5.32 Å². The Morgan fingerprint density at radius 1 is 1.10 bits per heavy atom. The van der Waals surface area contributed by atoms with E-state index in [1.807, 2.05) is 32.2 Å². The SMILES string of the molecule is CC(C)n1cc(S(=O)(=O)c2ccc(NC(=O)[C@@H]3CC[C@H]3c3cccnc3)cc2)cn1. The van der Waals surface area contributed by atoms with E-state index in [4.69, 9.17) is 0 Å². The van der Waals surface area contributed by atoms with Gasteiger partial charge in [-0.3, -0.25) is 14.5 Å². The fourth-order valence-electron chi connectivity index (χ4n) is 3.64. The van der Waals surface area contributed by atoms with Crippen molar-refractivity contribution in [2.24, 2.45) is 5.92 Å². The zero-order valence-corrected chi connectivity index (χ0v) is 17.7. The number of anilines is 1. The molecule has 156 valence electrons. The minimum atomic E-state index is -3.65. The van der Waals surface area contributed by atoms with Crippen LogP contribution in [0.3, 0.4) is 0 Å². The number of amides is 1. The van der Waals surface area contributed by atoms with Crippen LogP contribution in [0, 0.1) is 5.92 Å². The van der Waals surface area contributed by atoms with Gasteiger partial charge < -0.3 is 5.32 Å². The van der Waals surface area contributed by atoms with E-state index in [9.17, 15) is 13.2 Å². The molecule has 3 aromatic rings. The van der Waals surface area contributed by atoms with Crippen LogP contribution in [0.5, 0.6) is 0 Å². The predicted molar refractivity (Wildman–Crippen MR) is 113 cm³/mol. The molecule has 30 heavy (non-hydrogen) atoms. The van der Waals surface area contributed by atoms with E-state index in [1.54, 1.807) is 23.0 Å². The molecule has 1 saturated carbocycles. The second-order valence-electron chi connectivity index (χ2n) is 7.84. The number of nitrogens with zero attached hydrogens (tertiary/aromatic N) is 3. The number of hydrogen-bond donors (Lipinski definition) is 1. The first kappa shape index (κ1) is 20.3. The first-order valence-corrected chi connectivity index (χ1v) is 11.4. The molecule has 2 heterocycles. The highest BCUT2D eigenvalue weighted by molar-refractivity contribution is 7.91. The molecular weight excluding hydrogens is 400 g/mol. The Balaban J connectivity index is 1.45. The van der Waals surface area contributed by atoms with Crippen molar-refractivity contribution in [3.63, 3.8) is 0 Å². The Bertz CT molecular complexity index is 1140. The molecule has 1 aliphatic rings. The fourth-order valence-corrected chi connectivity index (χ4v) is 4.84. The van der Waals surface area contributed by atoms with Crippen LogP contribution in [0.1, 0.15) is 44.2 Å². The molecule has 1 N–H and O–H groups in total. The molecule has 2 aromatic heterocycles. The number of pyridine rings is 1. The maximum Gasteiger partial charge on any atom is 0.228 e. The molecule has 0 spiro atoms. The van der Waals surface area contributed by atoms with Gasteiger partial charge in [0.25, 0.3) is 0 Å². The minimum absolute atomic E-state index is 0.0519. The van der Waals surface area contributed by atoms with Crippen molar-refractivity contribution in [2.45, 2.75) is 48.4 Å². The molecule has 0 aliphatic heterocycles. The van der Waals surface area contributed by atoms with E-state index in [0.29, 0.717) is 5.69 Å². The van der Waals surface area contributed by atoms with Crippen LogP contribution in [-0.2, 0) is 14.6 Å². The lowest BCUT2D eigenvalue weighted by Crippen LogP contribution is -2.35. The molecule has 0 saturated heterocycles. The Labute approximate surface area is 176 Å². The molecule has 1 amide bonds. The molecule has 2 atom stereocenters. The van der Waals surface area contributed by atoms with Gasteiger partial charge in [0.05, 0.1) is 11.1 Å². The lowest BCUT2D eigenvalue weighted by molar-refractivity contribution is -0.123. The monoisotopic (exact) mass is 424 g/mol. The minimum Gasteiger partial charge on any atom is -0.326 e. The zero-order chi connectivity index (χ0) is 21.3. The third-order valence-corrected chi connectivity index (χ3v) is 7.30. The van der Waals surface area contributed by atoms with Gasteiger partial charge in [-0.25, -0.2) is 8.42 Å². The largest absolute Gasteiger partial charge is 0.326 e. The molecule has 0 radical (unpaired) electrons. The summed E-state index contributed by atoms with van der Waals surface area (Å²) >= 11 is 0. The van der Waals surface area contributed by atoms with Gasteiger partial charge in [0.1, 0.15) is 4.90 Å². The number of carbonyl (C=O) groups is 1. The Kier molecular flexibility index (Phi) is 5.42. The quantitative estimate of drug-likeness (QED) is 0.649. The average molecular weight is 425 g/mol. The molecule has 0 bridgehead atoms. The molecule has 4 rings (SSSR count). The normalized spacial score (nSPS) is 18.8. The summed E-state index contributed by atoms with van der Waals surface area (Å²) in [5.41, 5.74) is 1.65. The summed E-state index contributed by atoms with van der Waals surface area (Å²) in [6.45, 7) is 3.86. The first-order valence-electron chi connectivity index (χ1n) is 9.96. The Morgan fingerprint density at radius 2 is 1.87 bits per heavy atom. The third kappa shape index (κ3) is 3.87. The summed E-state index contributed by atoms with van der Waals surface area (Å²) in [6.07, 6.45) is 8.22. The van der Waals surface area contributed by atoms with E-state index in [-0.39, 0.29) is 33.6 Å². The topological polar surface area (TPSA) is 94.0 Å². The lowest BCUT2D eigenvalue weighted by atomic mass is 9.70. The zero-order valence-electron chi connectivity index (χ0n) is 16.9. The molecule has 8 heteroatoms. The maximum atomic E-state index is 12.8. The van der Waals surface area contributed by atoms with Crippen molar-refractivity contribution in [1.29, 1.82) is 0 Å². The molecule has 7 nitrogen and oxygen atoms in total. The van der Waals surface area contributed by atoms with E-state index in [1.165, 1.54) is 24.5 Å². The van der Waals surface area contributed by atoms with Gasteiger partial charge in [0, 0.05) is 36.2 Å². The first-order chi connectivity index (χ1) is 14.4. The summed E-state index contributed by atoms with van der Waals surface area (Å²) in [7, 11) is -3.65. The number of rotatable bonds is 6. The maximum absolute atomic E-state index is 12.8. The number of nitrogens with one attached hydrogen (secondary N) is 1. The van der Waals surface area contributed by atoms with Gasteiger partial charge in [-0.1, -0.05) is 6.07 Å². The molecule has 1 fully saturated rings. The van der Waals surface area contributed by atoms with Gasteiger partial charge >= 0.3 is 0 Å². The van der Waals surface area contributed by atoms with Gasteiger partial charge in [-0.2, -0.15) is 5.10 Å². The summed E-state index contributed by atoms with van der Waals surface area (Å²) in [5.74, 6) is 0.0271. The average Bonchev–Trinajstić information content (AvgIpc) is 3.20. The highest BCUT2D eigenvalue weighted by Gasteiger charge is 2.37. The van der Waals surface area contributed by atoms with Crippen LogP contribution in [0.25, 0.3) is 0 Å². The smallest absolute Gasteiger partial charge is 0.228 e. The predicted octanol–water partition coefficient (Wildman–Crippen LogP) is 3.82. The number of benzene rings is 1. The third-order valence-electron chi connectivity index (χ3n) is 5.57. The van der Waals surface area contributed by atoms with Crippen molar-refractivity contribution < 1.29 is 13.2 Å². The van der Waals surface area contributed by atoms with Crippen LogP contribution in [0.2, 0.25) is 0 Å². The van der Waals surface area contributed by atoms with Crippen molar-refractivity contribution in [1.82, 2.24) is 14.8 Å². The summed E-state index contributed by atoms with van der Waals surface area (Å²) in [4.78, 5) is 17.1. The standard InChI is InChI=1S/C22H24N4O3S/c1-15(2)26-14-19(13-24-26)30(28,29)18-7-5-17(6-8-18)25-22(27)21-10-9-20(21)16-4-3-11-23-12-16/h3-8,11-15,20-21H,9-10H2,1-2H3,(H,25,27)/t20-,21+/m0/s1. The highest BCUT2D eigenvalue weighted by atomic mass is 32.2. The van der Waals surface area contributed by atoms with Crippen molar-refractivity contribution in [3.05, 3.63) is 66.7 Å². The fraction of sp³-hybridized carbons (Fsp3) is 0.318. The van der Waals surface area contributed by atoms with Crippen molar-refractivity contribution in [3.8, 4) is 0 Å². The summed E-state index contributed by atoms with van der Waals surface area (Å²) in [5, 5.41) is 7.02. The molecular formula is C22H24N4O3S. The summed E-state index contributed by atoms with van der Waals surface area (Å²) < 4.78 is 27.3. The van der Waals surface area contributed by atoms with E-state index in [2.05, 4.69) is 15.4 Å². The highest BCUT2D eigenvalue weighted by Crippen LogP contribution is 2.42. The second-order valence-corrected chi connectivity index (χ2v) is 9.79. The van der Waals surface area contributed by atoms with Crippen LogP contribution in [-0.4, -0.2) is 29.1 Å². The lowest BCUT2D eigenvalue weighted by Gasteiger charge is -2.35. The van der Waals surface area contributed by atoms with E-state index in [0.717, 1.165) is 18.4 Å². The summed E-state index contributed by atoms with van der Waals surface area (Å²) in [6, 6.07) is 10.2. The van der Waals surface area contributed by atoms with Gasteiger partial charge in [-0.15, -0.1) is 0 Å². The Hall–Kier alpha value is -3.00. The van der Waals surface area contributed by atoms with Crippen LogP contribution in [0.4, 0.5) is 5.69 Å². The molecule has 1 aromatic carbocycles.